The van der Waals surface area contributed by atoms with Gasteiger partial charge in [-0.1, -0.05) is 39.0 Å². The molecule has 2 atom stereocenters. The fourth-order valence-corrected chi connectivity index (χ4v) is 3.30. The van der Waals surface area contributed by atoms with Crippen molar-refractivity contribution in [1.82, 2.24) is 5.32 Å². The number of carbonyl (C=O) groups is 1. The third kappa shape index (κ3) is 1.17. The molecule has 0 aromatic heterocycles. The zero-order chi connectivity index (χ0) is 13.1. The predicted octanol–water partition coefficient (Wildman–Crippen LogP) is 2.27. The highest BCUT2D eigenvalue weighted by Gasteiger charge is 2.57. The molecule has 0 spiro atoms. The number of amides is 1. The SMILES string of the molecule is CC1CN2c3ccccc3C(C)(C)C2(C)NC1=O. The van der Waals surface area contributed by atoms with Crippen LogP contribution in [0.15, 0.2) is 24.3 Å². The number of benzene rings is 1. The molecule has 3 heteroatoms. The molecule has 2 aliphatic heterocycles. The molecule has 96 valence electrons. The summed E-state index contributed by atoms with van der Waals surface area (Å²) in [6.07, 6.45) is 0. The number of anilines is 1. The van der Waals surface area contributed by atoms with Crippen LogP contribution in [0.1, 0.15) is 33.3 Å². The van der Waals surface area contributed by atoms with Crippen LogP contribution < -0.4 is 10.2 Å². The molecule has 1 aromatic rings. The van der Waals surface area contributed by atoms with E-state index < -0.39 is 0 Å². The van der Waals surface area contributed by atoms with Gasteiger partial charge in [0, 0.05) is 17.6 Å². The molecule has 2 unspecified atom stereocenters. The van der Waals surface area contributed by atoms with Crippen LogP contribution in [0.2, 0.25) is 0 Å². The van der Waals surface area contributed by atoms with Crippen LogP contribution in [0.25, 0.3) is 0 Å². The monoisotopic (exact) mass is 244 g/mol. The Morgan fingerprint density at radius 3 is 2.67 bits per heavy atom. The van der Waals surface area contributed by atoms with Gasteiger partial charge in [0.25, 0.3) is 0 Å². The highest BCUT2D eigenvalue weighted by molar-refractivity contribution is 5.84. The second-order valence-electron chi connectivity index (χ2n) is 6.22. The molecular formula is C15H20N2O. The van der Waals surface area contributed by atoms with Crippen LogP contribution in [0.5, 0.6) is 0 Å². The summed E-state index contributed by atoms with van der Waals surface area (Å²) in [4.78, 5) is 14.4. The number of hydrogen-bond acceptors (Lipinski definition) is 2. The largest absolute Gasteiger partial charge is 0.347 e. The zero-order valence-corrected chi connectivity index (χ0v) is 11.4. The fourth-order valence-electron chi connectivity index (χ4n) is 3.30. The summed E-state index contributed by atoms with van der Waals surface area (Å²) in [7, 11) is 0. The van der Waals surface area contributed by atoms with Gasteiger partial charge in [0.1, 0.15) is 5.66 Å². The number of nitrogens with one attached hydrogen (secondary N) is 1. The Hall–Kier alpha value is -1.51. The molecule has 1 fully saturated rings. The molecule has 1 amide bonds. The number of carbonyl (C=O) groups excluding carboxylic acids is 1. The van der Waals surface area contributed by atoms with E-state index in [0.717, 1.165) is 6.54 Å². The van der Waals surface area contributed by atoms with E-state index in [9.17, 15) is 4.79 Å². The minimum atomic E-state index is -0.319. The lowest BCUT2D eigenvalue weighted by Crippen LogP contribution is -2.70. The standard InChI is InChI=1S/C15H20N2O/c1-10-9-17-12-8-6-5-7-11(12)14(2,3)15(17,4)16-13(10)18/h5-8,10H,9H2,1-4H3,(H,16,18). The Morgan fingerprint density at radius 2 is 1.94 bits per heavy atom. The normalized spacial score (nSPS) is 32.8. The Kier molecular flexibility index (Phi) is 2.11. The number of rotatable bonds is 0. The lowest BCUT2D eigenvalue weighted by atomic mass is 9.75. The van der Waals surface area contributed by atoms with Crippen molar-refractivity contribution in [1.29, 1.82) is 0 Å². The van der Waals surface area contributed by atoms with Crippen LogP contribution in [0.3, 0.4) is 0 Å². The second-order valence-corrected chi connectivity index (χ2v) is 6.22. The van der Waals surface area contributed by atoms with Crippen LogP contribution in [-0.4, -0.2) is 18.1 Å². The summed E-state index contributed by atoms with van der Waals surface area (Å²) in [6, 6.07) is 8.48. The van der Waals surface area contributed by atoms with E-state index in [1.165, 1.54) is 11.3 Å². The van der Waals surface area contributed by atoms with Gasteiger partial charge in [0.15, 0.2) is 0 Å². The van der Waals surface area contributed by atoms with Gasteiger partial charge in [0.2, 0.25) is 5.91 Å². The van der Waals surface area contributed by atoms with Gasteiger partial charge < -0.3 is 10.2 Å². The van der Waals surface area contributed by atoms with Crippen LogP contribution in [-0.2, 0) is 10.2 Å². The van der Waals surface area contributed by atoms with Gasteiger partial charge >= 0.3 is 0 Å². The second kappa shape index (κ2) is 3.28. The highest BCUT2D eigenvalue weighted by atomic mass is 16.2. The van der Waals surface area contributed by atoms with Crippen molar-refractivity contribution >= 4 is 11.6 Å². The van der Waals surface area contributed by atoms with Crippen LogP contribution >= 0.6 is 0 Å². The lowest BCUT2D eigenvalue weighted by Gasteiger charge is -2.50. The molecule has 2 heterocycles. The Labute approximate surface area is 108 Å². The maximum absolute atomic E-state index is 12.0. The molecule has 0 radical (unpaired) electrons. The topological polar surface area (TPSA) is 32.3 Å². The van der Waals surface area contributed by atoms with Crippen molar-refractivity contribution in [3.05, 3.63) is 29.8 Å². The fraction of sp³-hybridized carbons (Fsp3) is 0.533. The van der Waals surface area contributed by atoms with Gasteiger partial charge in [-0.3, -0.25) is 4.79 Å². The Morgan fingerprint density at radius 1 is 1.28 bits per heavy atom. The smallest absolute Gasteiger partial charge is 0.226 e. The van der Waals surface area contributed by atoms with Crippen molar-refractivity contribution in [2.45, 2.75) is 38.8 Å². The summed E-state index contributed by atoms with van der Waals surface area (Å²) >= 11 is 0. The highest BCUT2D eigenvalue weighted by Crippen LogP contribution is 2.51. The predicted molar refractivity (Wildman–Crippen MR) is 72.5 cm³/mol. The third-order valence-electron chi connectivity index (χ3n) is 4.90. The summed E-state index contributed by atoms with van der Waals surface area (Å²) in [6.45, 7) is 9.34. The lowest BCUT2D eigenvalue weighted by molar-refractivity contribution is -0.128. The molecule has 1 N–H and O–H groups in total. The molecule has 0 aliphatic carbocycles. The Bertz CT molecular complexity index is 523. The van der Waals surface area contributed by atoms with E-state index >= 15 is 0 Å². The van der Waals surface area contributed by atoms with Gasteiger partial charge in [-0.25, -0.2) is 0 Å². The average molecular weight is 244 g/mol. The van der Waals surface area contributed by atoms with E-state index in [4.69, 9.17) is 0 Å². The summed E-state index contributed by atoms with van der Waals surface area (Å²) < 4.78 is 0. The van der Waals surface area contributed by atoms with Crippen molar-refractivity contribution in [3.8, 4) is 0 Å². The molecular weight excluding hydrogens is 224 g/mol. The number of hydrogen-bond donors (Lipinski definition) is 1. The minimum Gasteiger partial charge on any atom is -0.347 e. The first-order chi connectivity index (χ1) is 8.38. The third-order valence-corrected chi connectivity index (χ3v) is 4.90. The maximum Gasteiger partial charge on any atom is 0.226 e. The molecule has 2 aliphatic rings. The number of fused-ring (bicyclic) bond motifs is 3. The van der Waals surface area contributed by atoms with Crippen molar-refractivity contribution in [2.75, 3.05) is 11.4 Å². The van der Waals surface area contributed by atoms with Crippen molar-refractivity contribution < 1.29 is 4.79 Å². The first-order valence-electron chi connectivity index (χ1n) is 6.57. The molecule has 0 bridgehead atoms. The zero-order valence-electron chi connectivity index (χ0n) is 11.4. The maximum atomic E-state index is 12.0. The number of para-hydroxylation sites is 1. The Balaban J connectivity index is 2.19. The number of nitrogens with zero attached hydrogens (tertiary/aromatic N) is 1. The summed E-state index contributed by atoms with van der Waals surface area (Å²) in [5.74, 6) is 0.203. The van der Waals surface area contributed by atoms with Gasteiger partial charge in [0.05, 0.1) is 5.92 Å². The van der Waals surface area contributed by atoms with E-state index in [2.05, 4.69) is 55.3 Å². The quantitative estimate of drug-likeness (QED) is 0.759. The summed E-state index contributed by atoms with van der Waals surface area (Å²) in [5.41, 5.74) is 2.18. The molecule has 1 saturated heterocycles. The summed E-state index contributed by atoms with van der Waals surface area (Å²) in [5, 5.41) is 3.23. The van der Waals surface area contributed by atoms with Gasteiger partial charge in [-0.15, -0.1) is 0 Å². The van der Waals surface area contributed by atoms with Gasteiger partial charge in [-0.2, -0.15) is 0 Å². The molecule has 3 nitrogen and oxygen atoms in total. The molecule has 0 saturated carbocycles. The van der Waals surface area contributed by atoms with Gasteiger partial charge in [-0.05, 0) is 18.6 Å². The average Bonchev–Trinajstić information content (AvgIpc) is 2.48. The van der Waals surface area contributed by atoms with Crippen molar-refractivity contribution in [3.63, 3.8) is 0 Å². The minimum absolute atomic E-state index is 0.0417. The van der Waals surface area contributed by atoms with E-state index in [-0.39, 0.29) is 22.9 Å². The van der Waals surface area contributed by atoms with Crippen LogP contribution in [0.4, 0.5) is 5.69 Å². The first kappa shape index (κ1) is 11.6. The van der Waals surface area contributed by atoms with Crippen molar-refractivity contribution in [2.24, 2.45) is 5.92 Å². The van der Waals surface area contributed by atoms with E-state index in [0.29, 0.717) is 0 Å². The van der Waals surface area contributed by atoms with Crippen LogP contribution in [0, 0.1) is 5.92 Å². The molecule has 3 rings (SSSR count). The van der Waals surface area contributed by atoms with E-state index in [1.54, 1.807) is 0 Å². The molecule has 18 heavy (non-hydrogen) atoms. The van der Waals surface area contributed by atoms with E-state index in [1.807, 2.05) is 6.92 Å². The first-order valence-corrected chi connectivity index (χ1v) is 6.57. The molecule has 1 aromatic carbocycles.